The number of sulfone groups is 1. The molecule has 1 unspecified atom stereocenters. The van der Waals surface area contributed by atoms with Gasteiger partial charge in [0.1, 0.15) is 0 Å². The third kappa shape index (κ3) is 2.56. The summed E-state index contributed by atoms with van der Waals surface area (Å²) >= 11 is 0. The van der Waals surface area contributed by atoms with Crippen LogP contribution in [0.1, 0.15) is 48.4 Å². The van der Waals surface area contributed by atoms with Gasteiger partial charge in [-0.3, -0.25) is 0 Å². The van der Waals surface area contributed by atoms with Crippen LogP contribution in [-0.4, -0.2) is 20.2 Å². The van der Waals surface area contributed by atoms with Crippen molar-refractivity contribution < 1.29 is 8.42 Å². The minimum Gasteiger partial charge on any atom is -0.307 e. The molecule has 3 rings (SSSR count). The summed E-state index contributed by atoms with van der Waals surface area (Å²) < 4.78 is 24.8. The van der Waals surface area contributed by atoms with Gasteiger partial charge in [-0.1, -0.05) is 6.07 Å². The van der Waals surface area contributed by atoms with E-state index in [2.05, 4.69) is 18.3 Å². The van der Waals surface area contributed by atoms with Gasteiger partial charge in [-0.25, -0.2) is 8.42 Å². The van der Waals surface area contributed by atoms with Crippen LogP contribution in [0.5, 0.6) is 0 Å². The first-order chi connectivity index (χ1) is 8.97. The highest BCUT2D eigenvalue weighted by molar-refractivity contribution is 7.91. The van der Waals surface area contributed by atoms with Gasteiger partial charge in [0, 0.05) is 12.1 Å². The van der Waals surface area contributed by atoms with E-state index in [1.54, 1.807) is 0 Å². The first-order valence-electron chi connectivity index (χ1n) is 7.07. The molecule has 0 spiro atoms. The number of fused-ring (bicyclic) bond motifs is 1. The van der Waals surface area contributed by atoms with Crippen LogP contribution < -0.4 is 5.32 Å². The topological polar surface area (TPSA) is 46.2 Å². The fourth-order valence-electron chi connectivity index (χ4n) is 2.80. The average molecular weight is 279 g/mol. The number of hydrogen-bond donors (Lipinski definition) is 1. The van der Waals surface area contributed by atoms with Crippen molar-refractivity contribution >= 4 is 9.84 Å². The van der Waals surface area contributed by atoms with Crippen LogP contribution in [0.25, 0.3) is 0 Å². The Hall–Kier alpha value is -0.870. The Morgan fingerprint density at radius 2 is 1.79 bits per heavy atom. The molecule has 1 atom stereocenters. The predicted octanol–water partition coefficient (Wildman–Crippen LogP) is 2.66. The Kier molecular flexibility index (Phi) is 3.18. The second-order valence-electron chi connectivity index (χ2n) is 5.93. The van der Waals surface area contributed by atoms with Crippen LogP contribution in [0.2, 0.25) is 0 Å². The van der Waals surface area contributed by atoms with Crippen molar-refractivity contribution in [3.63, 3.8) is 0 Å². The number of aryl methyl sites for hydroxylation is 2. The summed E-state index contributed by atoms with van der Waals surface area (Å²) in [5.41, 5.74) is 3.24. The van der Waals surface area contributed by atoms with E-state index >= 15 is 0 Å². The van der Waals surface area contributed by atoms with Gasteiger partial charge in [0.05, 0.1) is 10.6 Å². The summed E-state index contributed by atoms with van der Waals surface area (Å²) in [6, 6.07) is 4.75. The molecule has 0 radical (unpaired) electrons. The first-order valence-corrected chi connectivity index (χ1v) is 8.72. The Balaban J connectivity index is 2.10. The maximum absolute atomic E-state index is 12.4. The molecule has 1 aliphatic carbocycles. The quantitative estimate of drug-likeness (QED) is 0.905. The summed E-state index contributed by atoms with van der Waals surface area (Å²) in [5.74, 6) is 0.283. The van der Waals surface area contributed by atoms with Crippen LogP contribution in [0.4, 0.5) is 0 Å². The van der Waals surface area contributed by atoms with Gasteiger partial charge in [0.2, 0.25) is 0 Å². The lowest BCUT2D eigenvalue weighted by molar-refractivity contribution is 0.490. The van der Waals surface area contributed by atoms with Crippen molar-refractivity contribution in [3.05, 3.63) is 28.8 Å². The smallest absolute Gasteiger partial charge is 0.178 e. The fraction of sp³-hybridized carbons (Fsp3) is 0.600. The predicted molar refractivity (Wildman–Crippen MR) is 76.1 cm³/mol. The molecule has 1 aromatic rings. The van der Waals surface area contributed by atoms with E-state index in [1.807, 2.05) is 13.0 Å². The van der Waals surface area contributed by atoms with Crippen LogP contribution in [0.15, 0.2) is 17.0 Å². The molecule has 0 bridgehead atoms. The number of benzene rings is 1. The molecule has 104 valence electrons. The third-order valence-electron chi connectivity index (χ3n) is 4.26. The maximum Gasteiger partial charge on any atom is 0.178 e. The van der Waals surface area contributed by atoms with E-state index in [0.29, 0.717) is 10.9 Å². The van der Waals surface area contributed by atoms with Crippen molar-refractivity contribution in [2.24, 2.45) is 0 Å². The van der Waals surface area contributed by atoms with Gasteiger partial charge in [-0.15, -0.1) is 0 Å². The van der Waals surface area contributed by atoms with E-state index in [4.69, 9.17) is 0 Å². The Labute approximate surface area is 115 Å². The monoisotopic (exact) mass is 279 g/mol. The third-order valence-corrected chi connectivity index (χ3v) is 6.11. The SMILES string of the molecule is Cc1cc2c(cc1C)S(=O)(=O)CCCC2NC1CC1. The molecular weight excluding hydrogens is 258 g/mol. The van der Waals surface area contributed by atoms with E-state index in [9.17, 15) is 8.42 Å². The Morgan fingerprint density at radius 3 is 2.47 bits per heavy atom. The largest absolute Gasteiger partial charge is 0.307 e. The van der Waals surface area contributed by atoms with Crippen molar-refractivity contribution in [3.8, 4) is 0 Å². The molecule has 1 N–H and O–H groups in total. The summed E-state index contributed by atoms with van der Waals surface area (Å²) in [5, 5.41) is 3.61. The van der Waals surface area contributed by atoms with Gasteiger partial charge in [0.25, 0.3) is 0 Å². The second kappa shape index (κ2) is 4.60. The van der Waals surface area contributed by atoms with Crippen LogP contribution in [0.3, 0.4) is 0 Å². The molecule has 0 amide bonds. The zero-order valence-corrected chi connectivity index (χ0v) is 12.4. The van der Waals surface area contributed by atoms with Crippen LogP contribution in [0, 0.1) is 13.8 Å². The Bertz CT molecular complexity index is 603. The lowest BCUT2D eigenvalue weighted by Gasteiger charge is -2.20. The Morgan fingerprint density at radius 1 is 1.11 bits per heavy atom. The molecule has 2 aliphatic rings. The molecule has 0 saturated heterocycles. The van der Waals surface area contributed by atoms with Gasteiger partial charge >= 0.3 is 0 Å². The van der Waals surface area contributed by atoms with Gasteiger partial charge in [-0.05, 0) is 62.3 Å². The van der Waals surface area contributed by atoms with Crippen LogP contribution in [-0.2, 0) is 9.84 Å². The molecule has 1 saturated carbocycles. The molecule has 19 heavy (non-hydrogen) atoms. The van der Waals surface area contributed by atoms with Crippen molar-refractivity contribution in [1.82, 2.24) is 5.32 Å². The molecule has 1 aliphatic heterocycles. The highest BCUT2D eigenvalue weighted by atomic mass is 32.2. The molecular formula is C15H21NO2S. The maximum atomic E-state index is 12.4. The molecule has 0 aromatic heterocycles. The summed E-state index contributed by atoms with van der Waals surface area (Å²) in [6.07, 6.45) is 4.12. The van der Waals surface area contributed by atoms with Crippen molar-refractivity contribution in [1.29, 1.82) is 0 Å². The highest BCUT2D eigenvalue weighted by Gasteiger charge is 2.31. The molecule has 3 nitrogen and oxygen atoms in total. The first kappa shape index (κ1) is 13.1. The normalized spacial score (nSPS) is 25.7. The number of hydrogen-bond acceptors (Lipinski definition) is 3. The lowest BCUT2D eigenvalue weighted by atomic mass is 9.98. The van der Waals surface area contributed by atoms with Gasteiger partial charge in [-0.2, -0.15) is 0 Å². The van der Waals surface area contributed by atoms with E-state index in [1.165, 1.54) is 18.4 Å². The zero-order chi connectivity index (χ0) is 13.6. The summed E-state index contributed by atoms with van der Waals surface area (Å²) in [4.78, 5) is 0.561. The van der Waals surface area contributed by atoms with E-state index < -0.39 is 9.84 Å². The minimum atomic E-state index is -3.11. The standard InChI is InChI=1S/C15H21NO2S/c1-10-8-13-14(16-12-5-6-12)4-3-7-19(17,18)15(13)9-11(10)2/h8-9,12,14,16H,3-7H2,1-2H3. The van der Waals surface area contributed by atoms with E-state index in [0.717, 1.165) is 24.0 Å². The van der Waals surface area contributed by atoms with Gasteiger partial charge in [0.15, 0.2) is 9.84 Å². The minimum absolute atomic E-state index is 0.207. The zero-order valence-electron chi connectivity index (χ0n) is 11.6. The molecule has 1 fully saturated rings. The number of rotatable bonds is 2. The van der Waals surface area contributed by atoms with E-state index in [-0.39, 0.29) is 11.8 Å². The highest BCUT2D eigenvalue weighted by Crippen LogP contribution is 2.35. The van der Waals surface area contributed by atoms with Crippen molar-refractivity contribution in [2.75, 3.05) is 5.75 Å². The number of nitrogens with one attached hydrogen (secondary N) is 1. The summed E-state index contributed by atoms with van der Waals surface area (Å²) in [6.45, 7) is 4.04. The lowest BCUT2D eigenvalue weighted by Crippen LogP contribution is -2.24. The van der Waals surface area contributed by atoms with Crippen molar-refractivity contribution in [2.45, 2.75) is 56.5 Å². The average Bonchev–Trinajstić information content (AvgIpc) is 3.14. The fourth-order valence-corrected chi connectivity index (χ4v) is 4.49. The van der Waals surface area contributed by atoms with Crippen LogP contribution >= 0.6 is 0 Å². The van der Waals surface area contributed by atoms with Gasteiger partial charge < -0.3 is 5.32 Å². The molecule has 4 heteroatoms. The second-order valence-corrected chi connectivity index (χ2v) is 8.01. The molecule has 1 heterocycles. The summed E-state index contributed by atoms with van der Waals surface area (Å²) in [7, 11) is -3.11. The molecule has 1 aromatic carbocycles.